The molecule has 8 heteroatoms. The topological polar surface area (TPSA) is 55.0 Å². The molecule has 0 aliphatic heterocycles. The molecule has 0 aliphatic rings. The molecule has 0 bridgehead atoms. The Hall–Kier alpha value is -1.83. The van der Waals surface area contributed by atoms with Gasteiger partial charge in [-0.2, -0.15) is 13.2 Å². The lowest BCUT2D eigenvalue weighted by atomic mass is 10.3. The van der Waals surface area contributed by atoms with Gasteiger partial charge in [0.1, 0.15) is 11.6 Å². The molecule has 4 nitrogen and oxygen atoms in total. The summed E-state index contributed by atoms with van der Waals surface area (Å²) < 4.78 is 38.1. The maximum absolute atomic E-state index is 12.7. The molecule has 0 spiro atoms. The highest BCUT2D eigenvalue weighted by atomic mass is 32.1. The first-order valence-corrected chi connectivity index (χ1v) is 6.77. The SMILES string of the molecule is CCN(Cc1cccs1)c1cc(N)nc(C(F)(F)F)n1. The fraction of sp³-hybridized carbons (Fsp3) is 0.333. The Labute approximate surface area is 118 Å². The van der Waals surface area contributed by atoms with Crippen molar-refractivity contribution in [3.63, 3.8) is 0 Å². The summed E-state index contributed by atoms with van der Waals surface area (Å²) in [5.41, 5.74) is 5.45. The summed E-state index contributed by atoms with van der Waals surface area (Å²) in [6, 6.07) is 5.16. The van der Waals surface area contributed by atoms with Crippen LogP contribution in [0.4, 0.5) is 24.8 Å². The molecule has 0 fully saturated rings. The summed E-state index contributed by atoms with van der Waals surface area (Å²) >= 11 is 1.54. The number of rotatable bonds is 4. The average Bonchev–Trinajstić information content (AvgIpc) is 2.87. The molecule has 20 heavy (non-hydrogen) atoms. The zero-order chi connectivity index (χ0) is 14.8. The van der Waals surface area contributed by atoms with E-state index >= 15 is 0 Å². The van der Waals surface area contributed by atoms with E-state index in [4.69, 9.17) is 5.73 Å². The smallest absolute Gasteiger partial charge is 0.384 e. The summed E-state index contributed by atoms with van der Waals surface area (Å²) in [6.07, 6.45) is -4.60. The molecular weight excluding hydrogens is 289 g/mol. The summed E-state index contributed by atoms with van der Waals surface area (Å²) in [5, 5.41) is 1.92. The Kier molecular flexibility index (Phi) is 4.12. The van der Waals surface area contributed by atoms with Crippen molar-refractivity contribution in [1.29, 1.82) is 0 Å². The standard InChI is InChI=1S/C12H13F3N4S/c1-2-19(7-8-4-3-5-20-8)10-6-9(16)17-11(18-10)12(13,14)15/h3-6H,2,7H2,1H3,(H2,16,17,18). The zero-order valence-electron chi connectivity index (χ0n) is 10.7. The monoisotopic (exact) mass is 302 g/mol. The molecule has 0 amide bonds. The molecule has 0 atom stereocenters. The van der Waals surface area contributed by atoms with E-state index in [-0.39, 0.29) is 11.6 Å². The Morgan fingerprint density at radius 2 is 2.10 bits per heavy atom. The Morgan fingerprint density at radius 3 is 2.65 bits per heavy atom. The van der Waals surface area contributed by atoms with Gasteiger partial charge in [0.05, 0.1) is 6.54 Å². The molecule has 108 valence electrons. The molecule has 2 heterocycles. The fourth-order valence-electron chi connectivity index (χ4n) is 1.69. The number of halogens is 3. The van der Waals surface area contributed by atoms with Crippen molar-refractivity contribution >= 4 is 23.0 Å². The average molecular weight is 302 g/mol. The van der Waals surface area contributed by atoms with Crippen LogP contribution < -0.4 is 10.6 Å². The van der Waals surface area contributed by atoms with E-state index in [0.717, 1.165) is 4.88 Å². The van der Waals surface area contributed by atoms with Crippen molar-refractivity contribution in [3.05, 3.63) is 34.3 Å². The highest BCUT2D eigenvalue weighted by Crippen LogP contribution is 2.29. The van der Waals surface area contributed by atoms with Crippen LogP contribution in [0.25, 0.3) is 0 Å². The molecule has 2 aromatic heterocycles. The first-order chi connectivity index (χ1) is 9.40. The summed E-state index contributed by atoms with van der Waals surface area (Å²) in [6.45, 7) is 2.85. The number of hydrogen-bond acceptors (Lipinski definition) is 5. The minimum Gasteiger partial charge on any atom is -0.384 e. The van der Waals surface area contributed by atoms with E-state index in [1.165, 1.54) is 17.4 Å². The van der Waals surface area contributed by atoms with Crippen molar-refractivity contribution in [2.45, 2.75) is 19.6 Å². The zero-order valence-corrected chi connectivity index (χ0v) is 11.5. The first kappa shape index (κ1) is 14.6. The van der Waals surface area contributed by atoms with Gasteiger partial charge in [0.2, 0.25) is 5.82 Å². The van der Waals surface area contributed by atoms with Crippen molar-refractivity contribution in [3.8, 4) is 0 Å². The molecule has 0 aliphatic carbocycles. The maximum Gasteiger partial charge on any atom is 0.451 e. The second-order valence-corrected chi connectivity index (χ2v) is 5.10. The lowest BCUT2D eigenvalue weighted by molar-refractivity contribution is -0.144. The Morgan fingerprint density at radius 1 is 1.35 bits per heavy atom. The number of alkyl halides is 3. The Balaban J connectivity index is 2.32. The van der Waals surface area contributed by atoms with Gasteiger partial charge in [-0.05, 0) is 18.4 Å². The van der Waals surface area contributed by atoms with Gasteiger partial charge in [-0.1, -0.05) is 6.07 Å². The number of aromatic nitrogens is 2. The molecule has 0 saturated carbocycles. The quantitative estimate of drug-likeness (QED) is 0.942. The lowest BCUT2D eigenvalue weighted by Gasteiger charge is -2.22. The van der Waals surface area contributed by atoms with Crippen molar-refractivity contribution in [2.75, 3.05) is 17.2 Å². The number of hydrogen-bond donors (Lipinski definition) is 1. The van der Waals surface area contributed by atoms with Crippen LogP contribution in [0.15, 0.2) is 23.6 Å². The molecule has 0 radical (unpaired) electrons. The van der Waals surface area contributed by atoms with Crippen LogP contribution in [-0.2, 0) is 12.7 Å². The van der Waals surface area contributed by atoms with Crippen LogP contribution in [-0.4, -0.2) is 16.5 Å². The van der Waals surface area contributed by atoms with Gasteiger partial charge in [0.25, 0.3) is 0 Å². The number of nitrogen functional groups attached to an aromatic ring is 1. The van der Waals surface area contributed by atoms with Crippen LogP contribution in [0.1, 0.15) is 17.6 Å². The minimum atomic E-state index is -4.60. The van der Waals surface area contributed by atoms with Crippen LogP contribution >= 0.6 is 11.3 Å². The van der Waals surface area contributed by atoms with Crippen LogP contribution in [0, 0.1) is 0 Å². The molecule has 2 rings (SSSR count). The molecule has 0 unspecified atom stereocenters. The van der Waals surface area contributed by atoms with E-state index in [1.807, 2.05) is 24.4 Å². The van der Waals surface area contributed by atoms with Gasteiger partial charge in [-0.15, -0.1) is 11.3 Å². The summed E-state index contributed by atoms with van der Waals surface area (Å²) in [4.78, 5) is 9.57. The van der Waals surface area contributed by atoms with Gasteiger partial charge in [-0.3, -0.25) is 0 Å². The molecule has 2 N–H and O–H groups in total. The highest BCUT2D eigenvalue weighted by Gasteiger charge is 2.35. The fourth-order valence-corrected chi connectivity index (χ4v) is 2.41. The third kappa shape index (κ3) is 3.38. The Bertz CT molecular complexity index is 569. The second kappa shape index (κ2) is 5.66. The van der Waals surface area contributed by atoms with Crippen LogP contribution in [0.5, 0.6) is 0 Å². The van der Waals surface area contributed by atoms with Gasteiger partial charge in [0, 0.05) is 17.5 Å². The first-order valence-electron chi connectivity index (χ1n) is 5.89. The van der Waals surface area contributed by atoms with Gasteiger partial charge in [0.15, 0.2) is 0 Å². The van der Waals surface area contributed by atoms with Gasteiger partial charge >= 0.3 is 6.18 Å². The highest BCUT2D eigenvalue weighted by molar-refractivity contribution is 7.09. The van der Waals surface area contributed by atoms with E-state index in [2.05, 4.69) is 9.97 Å². The van der Waals surface area contributed by atoms with Gasteiger partial charge < -0.3 is 10.6 Å². The summed E-state index contributed by atoms with van der Waals surface area (Å²) in [7, 11) is 0. The molecule has 0 saturated heterocycles. The second-order valence-electron chi connectivity index (χ2n) is 4.07. The summed E-state index contributed by atoms with van der Waals surface area (Å²) in [5.74, 6) is -1.22. The largest absolute Gasteiger partial charge is 0.451 e. The lowest BCUT2D eigenvalue weighted by Crippen LogP contribution is -2.24. The van der Waals surface area contributed by atoms with Crippen molar-refractivity contribution < 1.29 is 13.2 Å². The third-order valence-electron chi connectivity index (χ3n) is 2.62. The third-order valence-corrected chi connectivity index (χ3v) is 3.48. The number of anilines is 2. The minimum absolute atomic E-state index is 0.181. The van der Waals surface area contributed by atoms with Gasteiger partial charge in [-0.25, -0.2) is 9.97 Å². The van der Waals surface area contributed by atoms with Crippen LogP contribution in [0.3, 0.4) is 0 Å². The number of nitrogens with zero attached hydrogens (tertiary/aromatic N) is 3. The number of nitrogens with two attached hydrogens (primary N) is 1. The molecule has 2 aromatic rings. The van der Waals surface area contributed by atoms with E-state index in [9.17, 15) is 13.2 Å². The number of thiophene rings is 1. The van der Waals surface area contributed by atoms with Crippen molar-refractivity contribution in [1.82, 2.24) is 9.97 Å². The molecular formula is C12H13F3N4S. The van der Waals surface area contributed by atoms with E-state index < -0.39 is 12.0 Å². The van der Waals surface area contributed by atoms with E-state index in [1.54, 1.807) is 4.90 Å². The molecule has 0 aromatic carbocycles. The normalized spacial score (nSPS) is 11.6. The maximum atomic E-state index is 12.7. The van der Waals surface area contributed by atoms with Crippen LogP contribution in [0.2, 0.25) is 0 Å². The predicted molar refractivity (Wildman–Crippen MR) is 72.5 cm³/mol. The predicted octanol–water partition coefficient (Wildman–Crippen LogP) is 3.17. The van der Waals surface area contributed by atoms with E-state index in [0.29, 0.717) is 13.1 Å². The van der Waals surface area contributed by atoms with Crippen molar-refractivity contribution in [2.24, 2.45) is 0 Å².